The van der Waals surface area contributed by atoms with Gasteiger partial charge in [0, 0.05) is 23.0 Å². The molecule has 2 aromatic heterocycles. The van der Waals surface area contributed by atoms with E-state index < -0.39 is 0 Å². The first-order chi connectivity index (χ1) is 20.3. The molecule has 5 aromatic carbocycles. The summed E-state index contributed by atoms with van der Waals surface area (Å²) < 4.78 is 2.12. The third kappa shape index (κ3) is 4.66. The van der Waals surface area contributed by atoms with Crippen LogP contribution in [0.5, 0.6) is 5.75 Å². The number of phenols is 1. The molecular formula is C37H27N3O. The van der Waals surface area contributed by atoms with Crippen LogP contribution < -0.4 is 0 Å². The summed E-state index contributed by atoms with van der Waals surface area (Å²) in [6, 6.07) is 47.0. The Morgan fingerprint density at radius 2 is 1.34 bits per heavy atom. The minimum absolute atomic E-state index is 0.198. The molecule has 0 amide bonds. The first-order valence-electron chi connectivity index (χ1n) is 13.7. The summed E-state index contributed by atoms with van der Waals surface area (Å²) in [5, 5.41) is 10.8. The summed E-state index contributed by atoms with van der Waals surface area (Å²) in [7, 11) is 0. The molecule has 0 radical (unpaired) electrons. The summed E-state index contributed by atoms with van der Waals surface area (Å²) in [5.74, 6) is 0.895. The smallest absolute Gasteiger partial charge is 0.149 e. The van der Waals surface area contributed by atoms with Crippen molar-refractivity contribution in [1.29, 1.82) is 0 Å². The summed E-state index contributed by atoms with van der Waals surface area (Å²) in [5.41, 5.74) is 10.1. The fraction of sp³-hybridized carbons (Fsp3) is 0.0270. The molecule has 0 aliphatic rings. The second-order valence-corrected chi connectivity index (χ2v) is 10.0. The minimum atomic E-state index is 0.198. The van der Waals surface area contributed by atoms with Gasteiger partial charge in [-0.3, -0.25) is 9.55 Å². The molecule has 0 aliphatic heterocycles. The maximum absolute atomic E-state index is 10.8. The number of hydrogen-bond donors (Lipinski definition) is 1. The Balaban J connectivity index is 1.44. The molecular weight excluding hydrogens is 502 g/mol. The van der Waals surface area contributed by atoms with Crippen molar-refractivity contribution in [2.45, 2.75) is 6.42 Å². The van der Waals surface area contributed by atoms with E-state index in [-0.39, 0.29) is 5.75 Å². The average molecular weight is 530 g/mol. The maximum Gasteiger partial charge on any atom is 0.149 e. The van der Waals surface area contributed by atoms with Crippen LogP contribution in [0, 0.1) is 0 Å². The minimum Gasteiger partial charge on any atom is -0.507 e. The molecule has 0 atom stereocenters. The molecule has 4 heteroatoms. The summed E-state index contributed by atoms with van der Waals surface area (Å²) >= 11 is 0. The van der Waals surface area contributed by atoms with Crippen molar-refractivity contribution in [3.8, 4) is 45.2 Å². The number of imidazole rings is 1. The van der Waals surface area contributed by atoms with Crippen molar-refractivity contribution in [3.63, 3.8) is 0 Å². The Kier molecular flexibility index (Phi) is 6.34. The number of nitrogens with zero attached hydrogens (tertiary/aromatic N) is 3. The fourth-order valence-corrected chi connectivity index (χ4v) is 5.49. The fourth-order valence-electron chi connectivity index (χ4n) is 5.49. The lowest BCUT2D eigenvalue weighted by Gasteiger charge is -2.13. The first-order valence-corrected chi connectivity index (χ1v) is 13.7. The van der Waals surface area contributed by atoms with Crippen molar-refractivity contribution in [2.75, 3.05) is 0 Å². The van der Waals surface area contributed by atoms with Gasteiger partial charge in [-0.25, -0.2) is 4.98 Å². The molecule has 0 aliphatic carbocycles. The van der Waals surface area contributed by atoms with Gasteiger partial charge in [0.1, 0.15) is 11.6 Å². The number of pyridine rings is 1. The van der Waals surface area contributed by atoms with Gasteiger partial charge in [-0.1, -0.05) is 91.0 Å². The average Bonchev–Trinajstić information content (AvgIpc) is 3.42. The second-order valence-electron chi connectivity index (χ2n) is 10.0. The molecule has 0 bridgehead atoms. The SMILES string of the molecule is Oc1ccccc1-c1nc2c(-c3ccc(Cc4ccccc4)c(-c4ccccn4)c3)cccc2n1-c1ccccc1. The van der Waals surface area contributed by atoms with E-state index in [4.69, 9.17) is 9.97 Å². The Morgan fingerprint density at radius 1 is 0.610 bits per heavy atom. The third-order valence-corrected chi connectivity index (χ3v) is 7.44. The van der Waals surface area contributed by atoms with E-state index in [1.165, 1.54) is 11.1 Å². The van der Waals surface area contributed by atoms with Crippen LogP contribution in [0.2, 0.25) is 0 Å². The molecule has 7 rings (SSSR count). The van der Waals surface area contributed by atoms with Crippen molar-refractivity contribution in [3.05, 3.63) is 157 Å². The molecule has 0 saturated heterocycles. The molecule has 196 valence electrons. The van der Waals surface area contributed by atoms with Gasteiger partial charge in [0.15, 0.2) is 0 Å². The van der Waals surface area contributed by atoms with Crippen LogP contribution in [0.25, 0.3) is 50.5 Å². The van der Waals surface area contributed by atoms with Gasteiger partial charge in [0.2, 0.25) is 0 Å². The number of aromatic nitrogens is 3. The highest BCUT2D eigenvalue weighted by atomic mass is 16.3. The molecule has 7 aromatic rings. The standard InChI is InChI=1S/C37H27N3O/c41-35-20-8-7-16-31(35)37-39-36-30(17-11-19-34(36)40(37)29-14-5-2-6-15-29)28-22-21-27(24-26-12-3-1-4-13-26)32(25-28)33-18-9-10-23-38-33/h1-23,25,41H,24H2. The van der Waals surface area contributed by atoms with E-state index >= 15 is 0 Å². The Morgan fingerprint density at radius 3 is 2.12 bits per heavy atom. The molecule has 41 heavy (non-hydrogen) atoms. The number of rotatable bonds is 6. The van der Waals surface area contributed by atoms with E-state index in [9.17, 15) is 5.11 Å². The molecule has 2 heterocycles. The summed E-state index contributed by atoms with van der Waals surface area (Å²) in [6.45, 7) is 0. The zero-order valence-electron chi connectivity index (χ0n) is 22.4. The van der Waals surface area contributed by atoms with Gasteiger partial charge in [-0.15, -0.1) is 0 Å². The van der Waals surface area contributed by atoms with Gasteiger partial charge in [0.05, 0.1) is 22.3 Å². The zero-order chi connectivity index (χ0) is 27.6. The van der Waals surface area contributed by atoms with Crippen LogP contribution in [0.15, 0.2) is 146 Å². The summed E-state index contributed by atoms with van der Waals surface area (Å²) in [6.07, 6.45) is 2.66. The predicted octanol–water partition coefficient (Wildman–Crippen LogP) is 8.72. The Labute approximate surface area is 238 Å². The number of hydrogen-bond acceptors (Lipinski definition) is 3. The van der Waals surface area contributed by atoms with E-state index in [0.717, 1.165) is 45.5 Å². The quantitative estimate of drug-likeness (QED) is 0.234. The monoisotopic (exact) mass is 529 g/mol. The van der Waals surface area contributed by atoms with Crippen LogP contribution >= 0.6 is 0 Å². The largest absolute Gasteiger partial charge is 0.507 e. The molecule has 4 nitrogen and oxygen atoms in total. The summed E-state index contributed by atoms with van der Waals surface area (Å²) in [4.78, 5) is 9.88. The molecule has 1 N–H and O–H groups in total. The van der Waals surface area contributed by atoms with Gasteiger partial charge in [-0.05, 0) is 71.6 Å². The lowest BCUT2D eigenvalue weighted by atomic mass is 9.93. The topological polar surface area (TPSA) is 50.9 Å². The number of phenolic OH excluding ortho intramolecular Hbond substituents is 1. The van der Waals surface area contributed by atoms with Crippen molar-refractivity contribution >= 4 is 11.0 Å². The maximum atomic E-state index is 10.8. The van der Waals surface area contributed by atoms with Gasteiger partial charge in [-0.2, -0.15) is 0 Å². The van der Waals surface area contributed by atoms with E-state index in [1.807, 2.05) is 60.8 Å². The van der Waals surface area contributed by atoms with Gasteiger partial charge >= 0.3 is 0 Å². The molecule has 0 fully saturated rings. The first kappa shape index (κ1) is 24.6. The van der Waals surface area contributed by atoms with E-state index in [1.54, 1.807) is 6.07 Å². The molecule has 0 unspecified atom stereocenters. The van der Waals surface area contributed by atoms with Crippen LogP contribution in [-0.4, -0.2) is 19.6 Å². The number of para-hydroxylation sites is 3. The van der Waals surface area contributed by atoms with E-state index in [0.29, 0.717) is 11.4 Å². The lowest BCUT2D eigenvalue weighted by Crippen LogP contribution is -1.97. The van der Waals surface area contributed by atoms with Crippen LogP contribution in [-0.2, 0) is 6.42 Å². The predicted molar refractivity (Wildman–Crippen MR) is 166 cm³/mol. The Hall–Kier alpha value is -5.48. The van der Waals surface area contributed by atoms with Crippen molar-refractivity contribution in [1.82, 2.24) is 14.5 Å². The van der Waals surface area contributed by atoms with Crippen LogP contribution in [0.3, 0.4) is 0 Å². The third-order valence-electron chi connectivity index (χ3n) is 7.44. The number of aromatic hydroxyl groups is 1. The highest BCUT2D eigenvalue weighted by Crippen LogP contribution is 2.38. The van der Waals surface area contributed by atoms with Crippen LogP contribution in [0.4, 0.5) is 0 Å². The number of fused-ring (bicyclic) bond motifs is 1. The molecule has 0 spiro atoms. The van der Waals surface area contributed by atoms with Gasteiger partial charge < -0.3 is 5.11 Å². The lowest BCUT2D eigenvalue weighted by molar-refractivity contribution is 0.477. The van der Waals surface area contributed by atoms with Crippen molar-refractivity contribution < 1.29 is 5.11 Å². The number of benzene rings is 5. The highest BCUT2D eigenvalue weighted by molar-refractivity contribution is 5.96. The van der Waals surface area contributed by atoms with Gasteiger partial charge in [0.25, 0.3) is 0 Å². The van der Waals surface area contributed by atoms with E-state index in [2.05, 4.69) is 83.4 Å². The molecule has 0 saturated carbocycles. The zero-order valence-corrected chi connectivity index (χ0v) is 22.4. The normalized spacial score (nSPS) is 11.1. The highest BCUT2D eigenvalue weighted by Gasteiger charge is 2.20. The van der Waals surface area contributed by atoms with Crippen LogP contribution in [0.1, 0.15) is 11.1 Å². The van der Waals surface area contributed by atoms with Crippen molar-refractivity contribution in [2.24, 2.45) is 0 Å². The Bertz CT molecular complexity index is 1960. The second kappa shape index (κ2) is 10.6.